The van der Waals surface area contributed by atoms with Crippen molar-refractivity contribution in [2.45, 2.75) is 28.8 Å². The molecule has 29 heavy (non-hydrogen) atoms. The van der Waals surface area contributed by atoms with E-state index in [0.29, 0.717) is 17.7 Å². The van der Waals surface area contributed by atoms with Crippen LogP contribution in [0.5, 0.6) is 0 Å². The van der Waals surface area contributed by atoms with Gasteiger partial charge in [0.25, 0.3) is 0 Å². The lowest BCUT2D eigenvalue weighted by Crippen LogP contribution is -2.46. The Hall–Kier alpha value is -1.92. The highest BCUT2D eigenvalue weighted by Gasteiger charge is 2.25. The first kappa shape index (κ1) is 23.4. The van der Waals surface area contributed by atoms with Gasteiger partial charge in [-0.15, -0.1) is 0 Å². The summed E-state index contributed by atoms with van der Waals surface area (Å²) in [6, 6.07) is 12.7. The fourth-order valence-corrected chi connectivity index (χ4v) is 4.79. The summed E-state index contributed by atoms with van der Waals surface area (Å²) in [6.07, 6.45) is 2.16. The van der Waals surface area contributed by atoms with Crippen LogP contribution in [0.2, 0.25) is 0 Å². The van der Waals surface area contributed by atoms with Gasteiger partial charge in [0.2, 0.25) is 26.0 Å². The van der Waals surface area contributed by atoms with E-state index in [-0.39, 0.29) is 16.3 Å². The topological polar surface area (TPSA) is 135 Å². The predicted octanol–water partition coefficient (Wildman–Crippen LogP) is 1.05. The lowest BCUT2D eigenvalue weighted by molar-refractivity contribution is -0.122. The van der Waals surface area contributed by atoms with Crippen LogP contribution in [0.4, 0.5) is 0 Å². The number of thioether (sulfide) groups is 1. The van der Waals surface area contributed by atoms with Crippen LogP contribution in [0, 0.1) is 0 Å². The Morgan fingerprint density at radius 2 is 1.69 bits per heavy atom. The first-order valence-electron chi connectivity index (χ1n) is 8.59. The summed E-state index contributed by atoms with van der Waals surface area (Å²) >= 11 is 1.49. The van der Waals surface area contributed by atoms with E-state index in [9.17, 15) is 21.6 Å². The molecular weight excluding hydrogens is 434 g/mol. The van der Waals surface area contributed by atoms with Crippen LogP contribution in [0.1, 0.15) is 12.0 Å². The number of nitrogens with one attached hydrogen (secondary N) is 2. The summed E-state index contributed by atoms with van der Waals surface area (Å²) in [6.45, 7) is 0.0328. The van der Waals surface area contributed by atoms with Crippen LogP contribution >= 0.6 is 11.8 Å². The average Bonchev–Trinajstić information content (AvgIpc) is 2.69. The molecule has 0 spiro atoms. The standard InChI is InChI=1S/C18H23N3O5S3/c1-27-11-10-17(21-29(25,26)15-7-3-2-4-8-15)18(22)20-13-14-6-5-9-16(12-14)28(19,23)24/h2-9,12,17,21H,10-11,13H2,1H3,(H,20,22)(H2,19,23,24). The van der Waals surface area contributed by atoms with E-state index in [0.717, 1.165) is 0 Å². The Labute approximate surface area is 175 Å². The zero-order chi connectivity index (χ0) is 21.5. The van der Waals surface area contributed by atoms with Gasteiger partial charge in [-0.1, -0.05) is 30.3 Å². The molecule has 2 rings (SSSR count). The number of primary sulfonamides is 1. The summed E-state index contributed by atoms with van der Waals surface area (Å²) < 4.78 is 50.5. The van der Waals surface area contributed by atoms with Crippen molar-refractivity contribution < 1.29 is 21.6 Å². The number of benzene rings is 2. The molecule has 158 valence electrons. The third-order valence-corrected chi connectivity index (χ3v) is 7.01. The van der Waals surface area contributed by atoms with Crippen LogP contribution in [0.3, 0.4) is 0 Å². The molecule has 0 aliphatic heterocycles. The maximum absolute atomic E-state index is 12.6. The molecule has 0 aromatic heterocycles. The number of carbonyl (C=O) groups excluding carboxylic acids is 1. The third kappa shape index (κ3) is 7.12. The van der Waals surface area contributed by atoms with Crippen molar-refractivity contribution in [1.29, 1.82) is 0 Å². The fraction of sp³-hybridized carbons (Fsp3) is 0.278. The molecule has 1 unspecified atom stereocenters. The van der Waals surface area contributed by atoms with E-state index in [4.69, 9.17) is 5.14 Å². The maximum atomic E-state index is 12.6. The minimum atomic E-state index is -3.86. The number of amides is 1. The molecular formula is C18H23N3O5S3. The summed E-state index contributed by atoms with van der Waals surface area (Å²) in [5, 5.41) is 7.77. The molecule has 0 aliphatic rings. The minimum Gasteiger partial charge on any atom is -0.351 e. The predicted molar refractivity (Wildman–Crippen MR) is 113 cm³/mol. The smallest absolute Gasteiger partial charge is 0.241 e. The van der Waals surface area contributed by atoms with Crippen LogP contribution < -0.4 is 15.2 Å². The van der Waals surface area contributed by atoms with E-state index in [2.05, 4.69) is 10.0 Å². The number of sulfonamides is 2. The normalized spacial score (nSPS) is 13.0. The molecule has 1 atom stereocenters. The Bertz CT molecular complexity index is 1040. The van der Waals surface area contributed by atoms with Crippen LogP contribution in [0.15, 0.2) is 64.4 Å². The molecule has 0 saturated carbocycles. The lowest BCUT2D eigenvalue weighted by atomic mass is 10.2. The second-order valence-corrected chi connectivity index (χ2v) is 10.4. The molecule has 2 aromatic rings. The molecule has 8 nitrogen and oxygen atoms in total. The molecule has 0 aliphatic carbocycles. The molecule has 0 saturated heterocycles. The number of nitrogens with two attached hydrogens (primary N) is 1. The summed E-state index contributed by atoms with van der Waals surface area (Å²) in [7, 11) is -7.71. The Morgan fingerprint density at radius 3 is 2.31 bits per heavy atom. The van der Waals surface area contributed by atoms with Crippen molar-refractivity contribution in [1.82, 2.24) is 10.0 Å². The first-order chi connectivity index (χ1) is 13.6. The van der Waals surface area contributed by atoms with Gasteiger partial charge in [0, 0.05) is 6.54 Å². The number of hydrogen-bond acceptors (Lipinski definition) is 6. The molecule has 1 amide bonds. The zero-order valence-corrected chi connectivity index (χ0v) is 18.2. The highest BCUT2D eigenvalue weighted by atomic mass is 32.2. The second-order valence-electron chi connectivity index (χ2n) is 6.18. The molecule has 0 fully saturated rings. The average molecular weight is 458 g/mol. The number of hydrogen-bond donors (Lipinski definition) is 3. The highest BCUT2D eigenvalue weighted by molar-refractivity contribution is 7.98. The number of carbonyl (C=O) groups is 1. The Morgan fingerprint density at radius 1 is 1.03 bits per heavy atom. The van der Waals surface area contributed by atoms with E-state index < -0.39 is 32.0 Å². The summed E-state index contributed by atoms with van der Waals surface area (Å²) in [5.74, 6) is 0.0793. The quantitative estimate of drug-likeness (QED) is 0.488. The van der Waals surface area contributed by atoms with Gasteiger partial charge in [-0.3, -0.25) is 4.79 Å². The highest BCUT2D eigenvalue weighted by Crippen LogP contribution is 2.12. The molecule has 0 heterocycles. The van der Waals surface area contributed by atoms with Crippen LogP contribution in [0.25, 0.3) is 0 Å². The lowest BCUT2D eigenvalue weighted by Gasteiger charge is -2.18. The van der Waals surface area contributed by atoms with Crippen molar-refractivity contribution >= 4 is 37.7 Å². The second kappa shape index (κ2) is 10.2. The monoisotopic (exact) mass is 457 g/mol. The SMILES string of the molecule is CSCCC(NS(=O)(=O)c1ccccc1)C(=O)NCc1cccc(S(N)(=O)=O)c1. The zero-order valence-electron chi connectivity index (χ0n) is 15.7. The summed E-state index contributed by atoms with van der Waals surface area (Å²) in [5.41, 5.74) is 0.527. The molecule has 2 aromatic carbocycles. The van der Waals surface area contributed by atoms with E-state index in [1.54, 1.807) is 24.3 Å². The largest absolute Gasteiger partial charge is 0.351 e. The third-order valence-electron chi connectivity index (χ3n) is 3.97. The molecule has 4 N–H and O–H groups in total. The Balaban J connectivity index is 2.11. The van der Waals surface area contributed by atoms with Gasteiger partial charge < -0.3 is 5.32 Å². The summed E-state index contributed by atoms with van der Waals surface area (Å²) in [4.78, 5) is 12.6. The van der Waals surface area contributed by atoms with Gasteiger partial charge in [-0.05, 0) is 48.3 Å². The van der Waals surface area contributed by atoms with E-state index >= 15 is 0 Å². The van der Waals surface area contributed by atoms with Gasteiger partial charge >= 0.3 is 0 Å². The van der Waals surface area contributed by atoms with Crippen LogP contribution in [-0.2, 0) is 31.4 Å². The van der Waals surface area contributed by atoms with Crippen molar-refractivity contribution in [3.8, 4) is 0 Å². The van der Waals surface area contributed by atoms with Gasteiger partial charge in [-0.25, -0.2) is 22.0 Å². The van der Waals surface area contributed by atoms with Gasteiger partial charge in [0.05, 0.1) is 9.79 Å². The fourth-order valence-electron chi connectivity index (χ4n) is 2.48. The van der Waals surface area contributed by atoms with Crippen LogP contribution in [-0.4, -0.2) is 40.8 Å². The van der Waals surface area contributed by atoms with E-state index in [1.165, 1.54) is 42.1 Å². The first-order valence-corrected chi connectivity index (χ1v) is 13.0. The maximum Gasteiger partial charge on any atom is 0.241 e. The minimum absolute atomic E-state index is 0.0328. The van der Waals surface area contributed by atoms with E-state index in [1.807, 2.05) is 6.26 Å². The van der Waals surface area contributed by atoms with Gasteiger partial charge in [0.1, 0.15) is 6.04 Å². The molecule has 11 heteroatoms. The Kier molecular flexibility index (Phi) is 8.23. The molecule has 0 radical (unpaired) electrons. The van der Waals surface area contributed by atoms with Crippen molar-refractivity contribution in [3.63, 3.8) is 0 Å². The van der Waals surface area contributed by atoms with Gasteiger partial charge in [-0.2, -0.15) is 16.5 Å². The molecule has 0 bridgehead atoms. The van der Waals surface area contributed by atoms with Gasteiger partial charge in [0.15, 0.2) is 0 Å². The van der Waals surface area contributed by atoms with Crippen molar-refractivity contribution in [3.05, 3.63) is 60.2 Å². The number of rotatable bonds is 10. The van der Waals surface area contributed by atoms with Crippen molar-refractivity contribution in [2.75, 3.05) is 12.0 Å². The van der Waals surface area contributed by atoms with Crippen molar-refractivity contribution in [2.24, 2.45) is 5.14 Å².